The Morgan fingerprint density at radius 2 is 1.48 bits per heavy atom. The van der Waals surface area contributed by atoms with Crippen LogP contribution in [0.1, 0.15) is 62.8 Å². The minimum atomic E-state index is -0.394. The fourth-order valence-electron chi connectivity index (χ4n) is 3.89. The standard InChI is InChI=1S/C27H24N2O4/c1-2-6-18-11-13-19(14-12-18)24(30)15-16-25(31)28-20-7-5-8-21(17-20)29-26(32)22-9-3-4-10-23(22)27(29)33/h3-5,7-14,17H,2,6,15-16H2,1H3,(H,28,31). The summed E-state index contributed by atoms with van der Waals surface area (Å²) in [5, 5.41) is 2.75. The minimum absolute atomic E-state index is 0.0345. The van der Waals surface area contributed by atoms with Crippen molar-refractivity contribution in [1.29, 1.82) is 0 Å². The highest BCUT2D eigenvalue weighted by Gasteiger charge is 2.36. The van der Waals surface area contributed by atoms with Gasteiger partial charge in [-0.05, 0) is 42.3 Å². The predicted octanol–water partition coefficient (Wildman–Crippen LogP) is 5.04. The van der Waals surface area contributed by atoms with E-state index in [4.69, 9.17) is 0 Å². The lowest BCUT2D eigenvalue weighted by Gasteiger charge is -2.15. The van der Waals surface area contributed by atoms with Crippen LogP contribution in [0, 0.1) is 0 Å². The van der Waals surface area contributed by atoms with Crippen molar-refractivity contribution in [2.75, 3.05) is 10.2 Å². The molecular formula is C27H24N2O4. The van der Waals surface area contributed by atoms with Gasteiger partial charge in [-0.1, -0.05) is 55.8 Å². The lowest BCUT2D eigenvalue weighted by atomic mass is 10.0. The van der Waals surface area contributed by atoms with Crippen molar-refractivity contribution in [3.05, 3.63) is 95.1 Å². The van der Waals surface area contributed by atoms with Crippen molar-refractivity contribution >= 4 is 34.9 Å². The summed E-state index contributed by atoms with van der Waals surface area (Å²) in [6, 6.07) is 20.7. The molecule has 3 aromatic rings. The Kier molecular flexibility index (Phi) is 6.45. The van der Waals surface area contributed by atoms with E-state index in [0.29, 0.717) is 28.1 Å². The molecular weight excluding hydrogens is 416 g/mol. The van der Waals surface area contributed by atoms with E-state index in [1.165, 1.54) is 5.56 Å². The number of benzene rings is 3. The molecule has 0 spiro atoms. The molecule has 4 rings (SSSR count). The zero-order valence-electron chi connectivity index (χ0n) is 18.3. The smallest absolute Gasteiger partial charge is 0.266 e. The number of rotatable bonds is 8. The number of carbonyl (C=O) groups excluding carboxylic acids is 4. The van der Waals surface area contributed by atoms with Gasteiger partial charge in [-0.2, -0.15) is 0 Å². The highest BCUT2D eigenvalue weighted by molar-refractivity contribution is 6.34. The van der Waals surface area contributed by atoms with Gasteiger partial charge in [0.1, 0.15) is 0 Å². The third kappa shape index (κ3) is 4.75. The van der Waals surface area contributed by atoms with Crippen LogP contribution in [0.25, 0.3) is 0 Å². The Bertz CT molecular complexity index is 1200. The van der Waals surface area contributed by atoms with E-state index in [9.17, 15) is 19.2 Å². The summed E-state index contributed by atoms with van der Waals surface area (Å²) in [5.41, 5.74) is 3.32. The Balaban J connectivity index is 1.38. The van der Waals surface area contributed by atoms with Crippen LogP contribution >= 0.6 is 0 Å². The number of nitrogens with one attached hydrogen (secondary N) is 1. The second-order valence-corrected chi connectivity index (χ2v) is 7.96. The zero-order chi connectivity index (χ0) is 23.4. The van der Waals surface area contributed by atoms with Crippen LogP contribution in [0.15, 0.2) is 72.8 Å². The average molecular weight is 440 g/mol. The lowest BCUT2D eigenvalue weighted by molar-refractivity contribution is -0.116. The molecule has 0 aliphatic carbocycles. The van der Waals surface area contributed by atoms with Crippen molar-refractivity contribution < 1.29 is 19.2 Å². The van der Waals surface area contributed by atoms with Gasteiger partial charge in [-0.25, -0.2) is 4.90 Å². The van der Waals surface area contributed by atoms with Crippen LogP contribution in [-0.2, 0) is 11.2 Å². The number of hydrogen-bond donors (Lipinski definition) is 1. The monoisotopic (exact) mass is 440 g/mol. The van der Waals surface area contributed by atoms with Crippen LogP contribution in [0.3, 0.4) is 0 Å². The largest absolute Gasteiger partial charge is 0.326 e. The SMILES string of the molecule is CCCc1ccc(C(=O)CCC(=O)Nc2cccc(N3C(=O)c4ccccc4C3=O)c2)cc1. The molecule has 0 unspecified atom stereocenters. The van der Waals surface area contributed by atoms with E-state index < -0.39 is 11.8 Å². The van der Waals surface area contributed by atoms with Crippen molar-refractivity contribution in [3.63, 3.8) is 0 Å². The number of nitrogens with zero attached hydrogens (tertiary/aromatic N) is 1. The molecule has 0 saturated heterocycles. The maximum absolute atomic E-state index is 12.7. The number of hydrogen-bond acceptors (Lipinski definition) is 4. The van der Waals surface area contributed by atoms with E-state index in [1.807, 2.05) is 12.1 Å². The Morgan fingerprint density at radius 3 is 2.12 bits per heavy atom. The summed E-state index contributed by atoms with van der Waals surface area (Å²) in [6.45, 7) is 2.10. The van der Waals surface area contributed by atoms with Crippen LogP contribution in [0.2, 0.25) is 0 Å². The first-order chi connectivity index (χ1) is 16.0. The fraction of sp³-hybridized carbons (Fsp3) is 0.185. The molecule has 6 heteroatoms. The third-order valence-electron chi connectivity index (χ3n) is 5.58. The number of anilines is 2. The van der Waals surface area contributed by atoms with Crippen LogP contribution in [0.5, 0.6) is 0 Å². The van der Waals surface area contributed by atoms with Crippen LogP contribution in [0.4, 0.5) is 11.4 Å². The summed E-state index contributed by atoms with van der Waals surface area (Å²) >= 11 is 0. The molecule has 0 aromatic heterocycles. The molecule has 0 bridgehead atoms. The molecule has 33 heavy (non-hydrogen) atoms. The zero-order valence-corrected chi connectivity index (χ0v) is 18.3. The molecule has 0 atom stereocenters. The molecule has 166 valence electrons. The summed E-state index contributed by atoms with van der Waals surface area (Å²) < 4.78 is 0. The molecule has 3 amide bonds. The van der Waals surface area contributed by atoms with Crippen molar-refractivity contribution in [2.45, 2.75) is 32.6 Å². The summed E-state index contributed by atoms with van der Waals surface area (Å²) in [6.07, 6.45) is 2.14. The Labute approximate surface area is 192 Å². The number of carbonyl (C=O) groups is 4. The molecule has 1 aliphatic heterocycles. The highest BCUT2D eigenvalue weighted by atomic mass is 16.2. The van der Waals surface area contributed by atoms with Crippen molar-refractivity contribution in [3.8, 4) is 0 Å². The van der Waals surface area contributed by atoms with Gasteiger partial charge in [0.25, 0.3) is 11.8 Å². The number of ketones is 1. The molecule has 0 radical (unpaired) electrons. The second kappa shape index (κ2) is 9.61. The van der Waals surface area contributed by atoms with Gasteiger partial charge < -0.3 is 5.32 Å². The number of amides is 3. The summed E-state index contributed by atoms with van der Waals surface area (Å²) in [4.78, 5) is 51.3. The first-order valence-corrected chi connectivity index (χ1v) is 11.0. The number of Topliss-reactive ketones (excluding diaryl/α,β-unsaturated/α-hetero) is 1. The number of fused-ring (bicyclic) bond motifs is 1. The lowest BCUT2D eigenvalue weighted by Crippen LogP contribution is -2.29. The maximum Gasteiger partial charge on any atom is 0.266 e. The molecule has 1 N–H and O–H groups in total. The normalized spacial score (nSPS) is 12.6. The van der Waals surface area contributed by atoms with Gasteiger partial charge in [0.2, 0.25) is 5.91 Å². The average Bonchev–Trinajstić information content (AvgIpc) is 3.08. The van der Waals surface area contributed by atoms with Gasteiger partial charge in [0.05, 0.1) is 16.8 Å². The number of imide groups is 1. The van der Waals surface area contributed by atoms with Gasteiger partial charge in [0, 0.05) is 24.1 Å². The van der Waals surface area contributed by atoms with Gasteiger partial charge in [-0.3, -0.25) is 19.2 Å². The molecule has 1 aliphatic rings. The quantitative estimate of drug-likeness (QED) is 0.393. The topological polar surface area (TPSA) is 83.6 Å². The van der Waals surface area contributed by atoms with E-state index in [2.05, 4.69) is 12.2 Å². The summed E-state index contributed by atoms with van der Waals surface area (Å²) in [5.74, 6) is -1.19. The highest BCUT2D eigenvalue weighted by Crippen LogP contribution is 2.29. The second-order valence-electron chi connectivity index (χ2n) is 7.96. The fourth-order valence-corrected chi connectivity index (χ4v) is 3.89. The maximum atomic E-state index is 12.7. The van der Waals surface area contributed by atoms with Gasteiger partial charge in [-0.15, -0.1) is 0 Å². The summed E-state index contributed by atoms with van der Waals surface area (Å²) in [7, 11) is 0. The van der Waals surface area contributed by atoms with E-state index >= 15 is 0 Å². The van der Waals surface area contributed by atoms with Crippen molar-refractivity contribution in [1.82, 2.24) is 0 Å². The van der Waals surface area contributed by atoms with E-state index in [-0.39, 0.29) is 24.5 Å². The van der Waals surface area contributed by atoms with Crippen LogP contribution < -0.4 is 10.2 Å². The first-order valence-electron chi connectivity index (χ1n) is 11.0. The Hall–Kier alpha value is -4.06. The number of aryl methyl sites for hydroxylation is 1. The molecule has 6 nitrogen and oxygen atoms in total. The molecule has 0 fully saturated rings. The Morgan fingerprint density at radius 1 is 0.818 bits per heavy atom. The van der Waals surface area contributed by atoms with Crippen molar-refractivity contribution in [2.24, 2.45) is 0 Å². The van der Waals surface area contributed by atoms with E-state index in [1.54, 1.807) is 60.7 Å². The van der Waals surface area contributed by atoms with Gasteiger partial charge in [0.15, 0.2) is 5.78 Å². The predicted molar refractivity (Wildman–Crippen MR) is 127 cm³/mol. The first kappa shape index (κ1) is 22.1. The van der Waals surface area contributed by atoms with Crippen LogP contribution in [-0.4, -0.2) is 23.5 Å². The molecule has 1 heterocycles. The minimum Gasteiger partial charge on any atom is -0.326 e. The van der Waals surface area contributed by atoms with Gasteiger partial charge >= 0.3 is 0 Å². The molecule has 3 aromatic carbocycles. The third-order valence-corrected chi connectivity index (χ3v) is 5.58. The van der Waals surface area contributed by atoms with E-state index in [0.717, 1.165) is 17.7 Å². The molecule has 0 saturated carbocycles.